The van der Waals surface area contributed by atoms with Gasteiger partial charge in [-0.15, -0.1) is 0 Å². The molecule has 0 fully saturated rings. The number of unbranched alkanes of at least 4 members (excludes halogenated alkanes) is 35. The highest BCUT2D eigenvalue weighted by atomic mass is 16.6. The Morgan fingerprint density at radius 1 is 0.350 bits per heavy atom. The molecule has 60 heavy (non-hydrogen) atoms. The van der Waals surface area contributed by atoms with Crippen molar-refractivity contribution in [2.45, 2.75) is 297 Å². The van der Waals surface area contributed by atoms with Crippen molar-refractivity contribution >= 4 is 11.9 Å². The number of carbonyl (C=O) groups excluding carboxylic acids is 2. The molecule has 0 radical (unpaired) electrons. The molecule has 0 aromatic rings. The Balaban J connectivity index is 4.19. The molecular weight excluding hydrogens is 741 g/mol. The van der Waals surface area contributed by atoms with Crippen LogP contribution in [0.5, 0.6) is 0 Å². The van der Waals surface area contributed by atoms with Crippen molar-refractivity contribution in [2.75, 3.05) is 19.8 Å². The van der Waals surface area contributed by atoms with E-state index in [4.69, 9.17) is 14.2 Å². The summed E-state index contributed by atoms with van der Waals surface area (Å²) < 4.78 is 17.4. The van der Waals surface area contributed by atoms with E-state index in [0.717, 1.165) is 57.8 Å². The van der Waals surface area contributed by atoms with Crippen LogP contribution in [0.3, 0.4) is 0 Å². The van der Waals surface area contributed by atoms with E-state index in [0.29, 0.717) is 19.4 Å². The summed E-state index contributed by atoms with van der Waals surface area (Å²) >= 11 is 0. The van der Waals surface area contributed by atoms with Gasteiger partial charge in [-0.25, -0.2) is 0 Å². The second-order valence-electron chi connectivity index (χ2n) is 18.1. The van der Waals surface area contributed by atoms with Crippen LogP contribution < -0.4 is 0 Å². The van der Waals surface area contributed by atoms with Crippen LogP contribution in [0.4, 0.5) is 0 Å². The number of esters is 2. The molecule has 1 unspecified atom stereocenters. The molecule has 0 N–H and O–H groups in total. The van der Waals surface area contributed by atoms with Crippen molar-refractivity contribution in [3.05, 3.63) is 24.3 Å². The van der Waals surface area contributed by atoms with Gasteiger partial charge in [0, 0.05) is 19.4 Å². The predicted molar refractivity (Wildman–Crippen MR) is 261 cm³/mol. The normalized spacial score (nSPS) is 12.2. The van der Waals surface area contributed by atoms with Crippen LogP contribution in [0, 0.1) is 0 Å². The van der Waals surface area contributed by atoms with Gasteiger partial charge in [0.15, 0.2) is 6.10 Å². The van der Waals surface area contributed by atoms with E-state index in [1.165, 1.54) is 199 Å². The molecule has 1 atom stereocenters. The molecule has 0 rings (SSSR count). The van der Waals surface area contributed by atoms with E-state index in [-0.39, 0.29) is 25.2 Å². The first-order chi connectivity index (χ1) is 29.6. The molecule has 0 bridgehead atoms. The Kier molecular flexibility index (Phi) is 50.3. The quantitative estimate of drug-likeness (QED) is 0.0347. The molecule has 0 aromatic heterocycles. The lowest BCUT2D eigenvalue weighted by atomic mass is 10.0. The van der Waals surface area contributed by atoms with E-state index in [9.17, 15) is 9.59 Å². The largest absolute Gasteiger partial charge is 0.462 e. The number of ether oxygens (including phenoxy) is 3. The zero-order chi connectivity index (χ0) is 43.5. The Morgan fingerprint density at radius 2 is 0.667 bits per heavy atom. The van der Waals surface area contributed by atoms with Crippen LogP contribution >= 0.6 is 0 Å². The third-order valence-electron chi connectivity index (χ3n) is 12.0. The van der Waals surface area contributed by atoms with Crippen LogP contribution in [0.15, 0.2) is 24.3 Å². The maximum atomic E-state index is 12.8. The van der Waals surface area contributed by atoms with Gasteiger partial charge in [-0.05, 0) is 64.2 Å². The second-order valence-corrected chi connectivity index (χ2v) is 18.1. The van der Waals surface area contributed by atoms with Crippen molar-refractivity contribution in [2.24, 2.45) is 0 Å². The van der Waals surface area contributed by atoms with Gasteiger partial charge in [-0.2, -0.15) is 0 Å². The van der Waals surface area contributed by atoms with E-state index in [1.807, 2.05) is 0 Å². The van der Waals surface area contributed by atoms with E-state index in [1.54, 1.807) is 0 Å². The Bertz CT molecular complexity index is 913. The molecule has 5 heteroatoms. The van der Waals surface area contributed by atoms with Gasteiger partial charge in [0.25, 0.3) is 0 Å². The maximum absolute atomic E-state index is 12.8. The summed E-state index contributed by atoms with van der Waals surface area (Å²) in [5.74, 6) is -0.402. The van der Waals surface area contributed by atoms with Gasteiger partial charge >= 0.3 is 11.9 Å². The van der Waals surface area contributed by atoms with Crippen LogP contribution in [-0.4, -0.2) is 37.9 Å². The maximum Gasteiger partial charge on any atom is 0.306 e. The number of allylic oxidation sites excluding steroid dienone is 4. The molecule has 0 aliphatic heterocycles. The van der Waals surface area contributed by atoms with Crippen LogP contribution in [-0.2, 0) is 23.8 Å². The third-order valence-corrected chi connectivity index (χ3v) is 12.0. The van der Waals surface area contributed by atoms with Gasteiger partial charge in [-0.3, -0.25) is 9.59 Å². The van der Waals surface area contributed by atoms with Crippen molar-refractivity contribution in [3.8, 4) is 0 Å². The SMILES string of the molecule is CCCC/C=C\CCCCCCCC(=O)OC(COCCCCCCCCCCCCCCCCCCCC)COC(=O)CCCCCCC/C=C\CCCCCCCC. The highest BCUT2D eigenvalue weighted by Gasteiger charge is 2.17. The number of hydrogen-bond acceptors (Lipinski definition) is 5. The van der Waals surface area contributed by atoms with Gasteiger partial charge in [0.1, 0.15) is 6.61 Å². The first kappa shape index (κ1) is 58.4. The molecule has 0 spiro atoms. The topological polar surface area (TPSA) is 61.8 Å². The fraction of sp³-hybridized carbons (Fsp3) is 0.891. The summed E-state index contributed by atoms with van der Waals surface area (Å²) in [6.45, 7) is 7.82. The van der Waals surface area contributed by atoms with Gasteiger partial charge in [0.05, 0.1) is 6.61 Å². The highest BCUT2D eigenvalue weighted by molar-refractivity contribution is 5.70. The summed E-state index contributed by atoms with van der Waals surface area (Å²) in [7, 11) is 0. The standard InChI is InChI=1S/C55H104O5/c1-4-7-10-13-16-19-22-24-26-27-28-30-32-35-38-41-44-47-50-58-51-53(60-55(57)49-46-43-40-37-33-21-18-15-12-9-6-3)52-59-54(56)48-45-42-39-36-34-31-29-25-23-20-17-14-11-8-5-2/h15,18,25,29,53H,4-14,16-17,19-24,26-28,30-52H2,1-3H3/b18-15-,29-25-. The zero-order valence-electron chi connectivity index (χ0n) is 40.7. The summed E-state index contributed by atoms with van der Waals surface area (Å²) in [5, 5.41) is 0. The lowest BCUT2D eigenvalue weighted by Crippen LogP contribution is -2.30. The lowest BCUT2D eigenvalue weighted by Gasteiger charge is -2.18. The second kappa shape index (κ2) is 51.7. The Hall–Kier alpha value is -1.62. The molecule has 0 saturated carbocycles. The number of carbonyl (C=O) groups is 2. The van der Waals surface area contributed by atoms with Crippen molar-refractivity contribution < 1.29 is 23.8 Å². The first-order valence-corrected chi connectivity index (χ1v) is 26.9. The van der Waals surface area contributed by atoms with Crippen LogP contribution in [0.2, 0.25) is 0 Å². The predicted octanol–water partition coefficient (Wildman–Crippen LogP) is 18.0. The first-order valence-electron chi connectivity index (χ1n) is 26.9. The molecule has 354 valence electrons. The molecule has 0 heterocycles. The van der Waals surface area contributed by atoms with Crippen LogP contribution in [0.1, 0.15) is 290 Å². The molecule has 0 aromatic carbocycles. The van der Waals surface area contributed by atoms with Gasteiger partial charge < -0.3 is 14.2 Å². The fourth-order valence-corrected chi connectivity index (χ4v) is 7.90. The zero-order valence-corrected chi connectivity index (χ0v) is 40.7. The van der Waals surface area contributed by atoms with Crippen molar-refractivity contribution in [1.29, 1.82) is 0 Å². The van der Waals surface area contributed by atoms with E-state index in [2.05, 4.69) is 45.1 Å². The summed E-state index contributed by atoms with van der Waals surface area (Å²) in [4.78, 5) is 25.4. The smallest absolute Gasteiger partial charge is 0.306 e. The van der Waals surface area contributed by atoms with E-state index < -0.39 is 6.10 Å². The van der Waals surface area contributed by atoms with Crippen molar-refractivity contribution in [3.63, 3.8) is 0 Å². The minimum atomic E-state index is -0.536. The molecule has 0 amide bonds. The Morgan fingerprint density at radius 3 is 1.07 bits per heavy atom. The molecule has 0 aliphatic rings. The average Bonchev–Trinajstić information content (AvgIpc) is 3.25. The summed E-state index contributed by atoms with van der Waals surface area (Å²) in [5.41, 5.74) is 0. The van der Waals surface area contributed by atoms with Gasteiger partial charge in [-0.1, -0.05) is 238 Å². The molecule has 0 saturated heterocycles. The Labute approximate surface area is 375 Å². The number of rotatable bonds is 50. The van der Waals surface area contributed by atoms with Crippen molar-refractivity contribution in [1.82, 2.24) is 0 Å². The highest BCUT2D eigenvalue weighted by Crippen LogP contribution is 2.16. The minimum absolute atomic E-state index is 0.0839. The van der Waals surface area contributed by atoms with Crippen LogP contribution in [0.25, 0.3) is 0 Å². The van der Waals surface area contributed by atoms with Gasteiger partial charge in [0.2, 0.25) is 0 Å². The fourth-order valence-electron chi connectivity index (χ4n) is 7.90. The van der Waals surface area contributed by atoms with E-state index >= 15 is 0 Å². The summed E-state index contributed by atoms with van der Waals surface area (Å²) in [6.07, 6.45) is 60.5. The molecular formula is C55H104O5. The third kappa shape index (κ3) is 49.0. The number of hydrogen-bond donors (Lipinski definition) is 0. The lowest BCUT2D eigenvalue weighted by molar-refractivity contribution is -0.163. The summed E-state index contributed by atoms with van der Waals surface area (Å²) in [6, 6.07) is 0. The molecule has 0 aliphatic carbocycles. The minimum Gasteiger partial charge on any atom is -0.462 e. The monoisotopic (exact) mass is 845 g/mol. The average molecular weight is 845 g/mol. The molecule has 5 nitrogen and oxygen atoms in total.